The van der Waals surface area contributed by atoms with Crippen LogP contribution in [0.4, 0.5) is 0 Å². The van der Waals surface area contributed by atoms with E-state index in [-0.39, 0.29) is 18.0 Å². The number of aliphatic carboxylic acids is 1. The maximum Gasteiger partial charge on any atom is 0.307 e. The molecule has 1 atom stereocenters. The van der Waals surface area contributed by atoms with Crippen molar-refractivity contribution in [3.05, 3.63) is 52.8 Å². The number of carboxylic acid groups (broad SMARTS) is 1. The predicted molar refractivity (Wildman–Crippen MR) is 123 cm³/mol. The zero-order chi connectivity index (χ0) is 21.7. The van der Waals surface area contributed by atoms with Crippen LogP contribution in [0.2, 0.25) is 0 Å². The van der Waals surface area contributed by atoms with Crippen LogP contribution in [0.1, 0.15) is 12.0 Å². The topological polar surface area (TPSA) is 96.0 Å². The largest absolute Gasteiger partial charge is 0.481 e. The minimum absolute atomic E-state index is 0.00481. The number of Topliss-reactive ketones (excluding diaryl/α,β-unsaturated/α-hetero) is 1. The van der Waals surface area contributed by atoms with E-state index in [4.69, 9.17) is 0 Å². The first kappa shape index (κ1) is 22.4. The van der Waals surface area contributed by atoms with E-state index < -0.39 is 11.9 Å². The maximum atomic E-state index is 12.4. The molecule has 0 fully saturated rings. The molecule has 0 aliphatic rings. The first-order chi connectivity index (χ1) is 14.5. The van der Waals surface area contributed by atoms with Crippen molar-refractivity contribution in [1.82, 2.24) is 9.55 Å². The van der Waals surface area contributed by atoms with Gasteiger partial charge >= 0.3 is 5.97 Å². The fraction of sp³-hybridized carbons (Fsp3) is 0.238. The van der Waals surface area contributed by atoms with E-state index in [0.717, 1.165) is 21.1 Å². The highest BCUT2D eigenvalue weighted by Crippen LogP contribution is 2.32. The van der Waals surface area contributed by atoms with E-state index in [0.29, 0.717) is 16.5 Å². The van der Waals surface area contributed by atoms with Gasteiger partial charge in [-0.05, 0) is 34.3 Å². The van der Waals surface area contributed by atoms with E-state index in [1.807, 2.05) is 41.2 Å². The lowest BCUT2D eigenvalue weighted by atomic mass is 10.0. The SMILES string of the molecule is CSCC(CC(=O)CSc1ncc(Br)n1-c1ccc(C#N)c2ccccc12)C(=O)O. The van der Waals surface area contributed by atoms with Gasteiger partial charge < -0.3 is 5.11 Å². The average Bonchev–Trinajstić information content (AvgIpc) is 3.11. The summed E-state index contributed by atoms with van der Waals surface area (Å²) in [6.07, 6.45) is 3.49. The summed E-state index contributed by atoms with van der Waals surface area (Å²) in [5.41, 5.74) is 1.43. The molecule has 1 unspecified atom stereocenters. The van der Waals surface area contributed by atoms with Crippen molar-refractivity contribution in [3.63, 3.8) is 0 Å². The van der Waals surface area contributed by atoms with Gasteiger partial charge in [-0.25, -0.2) is 4.98 Å². The number of carbonyl (C=O) groups excluding carboxylic acids is 1. The third kappa shape index (κ3) is 4.89. The van der Waals surface area contributed by atoms with Crippen LogP contribution in [0, 0.1) is 17.2 Å². The van der Waals surface area contributed by atoms with E-state index in [9.17, 15) is 20.0 Å². The number of rotatable bonds is 9. The Morgan fingerprint density at radius 2 is 2.00 bits per heavy atom. The van der Waals surface area contributed by atoms with Crippen molar-refractivity contribution in [2.75, 3.05) is 17.8 Å². The van der Waals surface area contributed by atoms with Gasteiger partial charge in [-0.15, -0.1) is 0 Å². The highest BCUT2D eigenvalue weighted by atomic mass is 79.9. The van der Waals surface area contributed by atoms with Crippen LogP contribution in [0.25, 0.3) is 16.5 Å². The second-order valence-electron chi connectivity index (χ2n) is 6.51. The lowest BCUT2D eigenvalue weighted by molar-refractivity contribution is -0.142. The lowest BCUT2D eigenvalue weighted by Crippen LogP contribution is -2.21. The van der Waals surface area contributed by atoms with Gasteiger partial charge in [-0.1, -0.05) is 36.0 Å². The van der Waals surface area contributed by atoms with Crippen molar-refractivity contribution in [2.24, 2.45) is 5.92 Å². The molecule has 0 radical (unpaired) electrons. The Kier molecular flexibility index (Phi) is 7.58. The molecule has 1 heterocycles. The molecule has 9 heteroatoms. The van der Waals surface area contributed by atoms with Gasteiger partial charge in [-0.3, -0.25) is 14.2 Å². The number of hydrogen-bond donors (Lipinski definition) is 1. The smallest absolute Gasteiger partial charge is 0.307 e. The second-order valence-corrected chi connectivity index (χ2v) is 9.18. The summed E-state index contributed by atoms with van der Waals surface area (Å²) in [5, 5.41) is 21.0. The Morgan fingerprint density at radius 3 is 2.67 bits per heavy atom. The van der Waals surface area contributed by atoms with Gasteiger partial charge in [0.05, 0.1) is 35.2 Å². The molecular formula is C21H18BrN3O3S2. The fourth-order valence-electron chi connectivity index (χ4n) is 3.11. The van der Waals surface area contributed by atoms with Crippen molar-refractivity contribution < 1.29 is 14.7 Å². The number of carbonyl (C=O) groups is 2. The van der Waals surface area contributed by atoms with Crippen molar-refractivity contribution in [3.8, 4) is 11.8 Å². The minimum Gasteiger partial charge on any atom is -0.481 e. The molecule has 0 aliphatic carbocycles. The number of imidazole rings is 1. The summed E-state index contributed by atoms with van der Waals surface area (Å²) in [7, 11) is 0. The van der Waals surface area contributed by atoms with Gasteiger partial charge in [0.15, 0.2) is 5.16 Å². The zero-order valence-electron chi connectivity index (χ0n) is 16.0. The molecule has 3 aromatic rings. The summed E-state index contributed by atoms with van der Waals surface area (Å²) in [4.78, 5) is 28.1. The maximum absolute atomic E-state index is 12.4. The fourth-order valence-corrected chi connectivity index (χ4v) is 5.21. The number of hydrogen-bond acceptors (Lipinski definition) is 6. The summed E-state index contributed by atoms with van der Waals surface area (Å²) < 4.78 is 2.61. The number of halogens is 1. The monoisotopic (exact) mass is 503 g/mol. The molecular weight excluding hydrogens is 486 g/mol. The number of fused-ring (bicyclic) bond motifs is 1. The van der Waals surface area contributed by atoms with E-state index >= 15 is 0 Å². The molecule has 0 bridgehead atoms. The predicted octanol–water partition coefficient (Wildman–Crippen LogP) is 4.77. The van der Waals surface area contributed by atoms with Crippen molar-refractivity contribution >= 4 is 62.0 Å². The third-order valence-corrected chi connectivity index (χ3v) is 6.81. The van der Waals surface area contributed by atoms with Crippen molar-refractivity contribution in [1.29, 1.82) is 5.26 Å². The Hall–Kier alpha value is -2.28. The molecule has 6 nitrogen and oxygen atoms in total. The van der Waals surface area contributed by atoms with Gasteiger partial charge in [0, 0.05) is 22.9 Å². The molecule has 0 saturated heterocycles. The second kappa shape index (κ2) is 10.2. The number of thioether (sulfide) groups is 2. The summed E-state index contributed by atoms with van der Waals surface area (Å²) >= 11 is 6.20. The number of aromatic nitrogens is 2. The van der Waals surface area contributed by atoms with Crippen LogP contribution in [0.15, 0.2) is 52.4 Å². The number of ketones is 1. The van der Waals surface area contributed by atoms with E-state index in [2.05, 4.69) is 27.0 Å². The molecule has 1 N–H and O–H groups in total. The van der Waals surface area contributed by atoms with E-state index in [1.165, 1.54) is 23.5 Å². The number of nitriles is 1. The van der Waals surface area contributed by atoms with Gasteiger partial charge in [0.1, 0.15) is 10.4 Å². The Morgan fingerprint density at radius 1 is 1.27 bits per heavy atom. The molecule has 2 aromatic carbocycles. The Bertz CT molecular complexity index is 1140. The molecule has 30 heavy (non-hydrogen) atoms. The van der Waals surface area contributed by atoms with Gasteiger partial charge in [0.2, 0.25) is 0 Å². The zero-order valence-corrected chi connectivity index (χ0v) is 19.3. The van der Waals surface area contributed by atoms with E-state index in [1.54, 1.807) is 12.3 Å². The summed E-state index contributed by atoms with van der Waals surface area (Å²) in [5.74, 6) is -1.21. The molecule has 0 amide bonds. The third-order valence-electron chi connectivity index (χ3n) is 4.50. The number of nitrogens with zero attached hydrogens (tertiary/aromatic N) is 3. The number of carboxylic acids is 1. The van der Waals surface area contributed by atoms with Gasteiger partial charge in [0.25, 0.3) is 0 Å². The van der Waals surface area contributed by atoms with Crippen LogP contribution in [-0.4, -0.2) is 44.2 Å². The highest BCUT2D eigenvalue weighted by molar-refractivity contribution is 9.10. The standard InChI is InChI=1S/C21H18BrN3O3S2/c1-29-11-14(20(27)28)8-15(26)12-30-21-24-10-19(22)25(21)18-7-6-13(9-23)16-4-2-3-5-17(16)18/h2-7,10,14H,8,11-12H2,1H3,(H,27,28). The van der Waals surface area contributed by atoms with Crippen LogP contribution >= 0.6 is 39.5 Å². The Balaban J connectivity index is 1.87. The Labute approximate surface area is 190 Å². The molecule has 0 spiro atoms. The van der Waals surface area contributed by atoms with Gasteiger partial charge in [-0.2, -0.15) is 17.0 Å². The first-order valence-corrected chi connectivity index (χ1v) is 12.1. The normalized spacial score (nSPS) is 11.9. The van der Waals surface area contributed by atoms with Crippen LogP contribution < -0.4 is 0 Å². The average molecular weight is 504 g/mol. The molecule has 0 saturated carbocycles. The number of benzene rings is 2. The van der Waals surface area contributed by atoms with Crippen LogP contribution in [0.5, 0.6) is 0 Å². The summed E-state index contributed by atoms with van der Waals surface area (Å²) in [6.45, 7) is 0. The van der Waals surface area contributed by atoms with Crippen LogP contribution in [0.3, 0.4) is 0 Å². The quantitative estimate of drug-likeness (QED) is 0.419. The first-order valence-electron chi connectivity index (χ1n) is 8.98. The molecule has 3 rings (SSSR count). The molecule has 0 aliphatic heterocycles. The molecule has 154 valence electrons. The van der Waals surface area contributed by atoms with Crippen molar-refractivity contribution in [2.45, 2.75) is 11.6 Å². The molecule has 1 aromatic heterocycles. The van der Waals surface area contributed by atoms with Crippen LogP contribution in [-0.2, 0) is 9.59 Å². The minimum atomic E-state index is -0.948. The lowest BCUT2D eigenvalue weighted by Gasteiger charge is -2.13. The highest BCUT2D eigenvalue weighted by Gasteiger charge is 2.22. The summed E-state index contributed by atoms with van der Waals surface area (Å²) in [6, 6.07) is 13.5.